The van der Waals surface area contributed by atoms with Gasteiger partial charge in [-0.05, 0) is 30.0 Å². The largest absolute Gasteiger partial charge is 0.315 e. The van der Waals surface area contributed by atoms with Gasteiger partial charge in [-0.1, -0.05) is 11.3 Å². The van der Waals surface area contributed by atoms with E-state index in [0.717, 1.165) is 16.8 Å². The van der Waals surface area contributed by atoms with Crippen molar-refractivity contribution in [3.05, 3.63) is 50.0 Å². The molecule has 2 N–H and O–H groups in total. The highest BCUT2D eigenvalue weighted by Gasteiger charge is 2.07. The highest BCUT2D eigenvalue weighted by molar-refractivity contribution is 7.17. The van der Waals surface area contributed by atoms with Crippen molar-refractivity contribution in [3.8, 4) is 0 Å². The smallest absolute Gasteiger partial charge is 0.304 e. The van der Waals surface area contributed by atoms with Crippen molar-refractivity contribution in [2.75, 3.05) is 0 Å². The zero-order valence-corrected chi connectivity index (χ0v) is 12.0. The molecule has 0 fully saturated rings. The lowest BCUT2D eigenvalue weighted by molar-refractivity contribution is 0.568. The first-order valence-electron chi connectivity index (χ1n) is 5.95. The van der Waals surface area contributed by atoms with Crippen molar-refractivity contribution in [1.82, 2.24) is 15.3 Å². The molecular weight excluding hydrogens is 278 g/mol. The molecule has 0 bridgehead atoms. The number of aromatic nitrogens is 2. The van der Waals surface area contributed by atoms with Crippen LogP contribution >= 0.6 is 22.7 Å². The third-order valence-corrected chi connectivity index (χ3v) is 4.56. The lowest BCUT2D eigenvalue weighted by atomic mass is 10.1. The minimum Gasteiger partial charge on any atom is -0.315 e. The predicted octanol–water partition coefficient (Wildman–Crippen LogP) is 2.90. The van der Waals surface area contributed by atoms with Crippen LogP contribution < -0.4 is 10.2 Å². The third-order valence-electron chi connectivity index (χ3n) is 2.99. The summed E-state index contributed by atoms with van der Waals surface area (Å²) < 4.78 is 1.20. The van der Waals surface area contributed by atoms with Gasteiger partial charge in [-0.3, -0.25) is 9.78 Å². The summed E-state index contributed by atoms with van der Waals surface area (Å²) in [6.45, 7) is 2.75. The summed E-state index contributed by atoms with van der Waals surface area (Å²) in [5, 5.41) is 7.29. The van der Waals surface area contributed by atoms with Gasteiger partial charge in [0.05, 0.1) is 10.2 Å². The molecule has 0 aliphatic heterocycles. The molecule has 4 nitrogen and oxygen atoms in total. The van der Waals surface area contributed by atoms with E-state index < -0.39 is 0 Å². The first-order valence-corrected chi connectivity index (χ1v) is 7.71. The number of hydrogen-bond donors (Lipinski definition) is 2. The van der Waals surface area contributed by atoms with Crippen molar-refractivity contribution in [3.63, 3.8) is 0 Å². The number of hydrogen-bond acceptors (Lipinski definition) is 5. The van der Waals surface area contributed by atoms with Gasteiger partial charge in [0.1, 0.15) is 0 Å². The van der Waals surface area contributed by atoms with Gasteiger partial charge in [-0.15, -0.1) is 11.3 Å². The van der Waals surface area contributed by atoms with Crippen molar-refractivity contribution in [1.29, 1.82) is 0 Å². The van der Waals surface area contributed by atoms with Gasteiger partial charge in [0.25, 0.3) is 0 Å². The molecule has 0 saturated heterocycles. The highest BCUT2D eigenvalue weighted by atomic mass is 32.1. The molecule has 1 unspecified atom stereocenters. The maximum absolute atomic E-state index is 11.0. The van der Waals surface area contributed by atoms with Crippen LogP contribution in [0.25, 0.3) is 10.2 Å². The molecule has 0 aliphatic carbocycles. The van der Waals surface area contributed by atoms with Gasteiger partial charge in [0.2, 0.25) is 0 Å². The molecule has 19 heavy (non-hydrogen) atoms. The van der Waals surface area contributed by atoms with E-state index in [1.54, 1.807) is 11.3 Å². The van der Waals surface area contributed by atoms with E-state index in [0.29, 0.717) is 6.54 Å². The molecule has 3 aromatic heterocycles. The van der Waals surface area contributed by atoms with E-state index in [9.17, 15) is 4.79 Å². The fraction of sp³-hybridized carbons (Fsp3) is 0.231. The number of thiophene rings is 1. The maximum atomic E-state index is 11.0. The molecule has 3 rings (SSSR count). The molecule has 3 aromatic rings. The van der Waals surface area contributed by atoms with Crippen LogP contribution in [0.3, 0.4) is 0 Å². The van der Waals surface area contributed by atoms with Gasteiger partial charge in [0, 0.05) is 29.9 Å². The fourth-order valence-corrected chi connectivity index (χ4v) is 3.25. The molecular formula is C13H13N3OS2. The number of H-pyrrole nitrogens is 1. The van der Waals surface area contributed by atoms with Gasteiger partial charge in [-0.2, -0.15) is 0 Å². The first kappa shape index (κ1) is 12.5. The van der Waals surface area contributed by atoms with Crippen LogP contribution in [0.1, 0.15) is 24.2 Å². The van der Waals surface area contributed by atoms with Crippen molar-refractivity contribution in [2.45, 2.75) is 19.5 Å². The Balaban J connectivity index is 1.72. The van der Waals surface area contributed by atoms with Crippen molar-refractivity contribution >= 4 is 32.9 Å². The first-order chi connectivity index (χ1) is 9.22. The van der Waals surface area contributed by atoms with Crippen LogP contribution in [0.2, 0.25) is 0 Å². The lowest BCUT2D eigenvalue weighted by Gasteiger charge is -2.13. The number of nitrogens with zero attached hydrogens (tertiary/aromatic N) is 1. The summed E-state index contributed by atoms with van der Waals surface area (Å²) in [5.41, 5.74) is 3.13. The molecule has 0 amide bonds. The quantitative estimate of drug-likeness (QED) is 0.777. The number of rotatable bonds is 4. The molecule has 1 atom stereocenters. The van der Waals surface area contributed by atoms with Crippen LogP contribution in [0, 0.1) is 0 Å². The van der Waals surface area contributed by atoms with Crippen LogP contribution in [0.15, 0.2) is 33.9 Å². The Hall–Kier alpha value is -1.50. The zero-order chi connectivity index (χ0) is 13.2. The highest BCUT2D eigenvalue weighted by Crippen LogP contribution is 2.22. The summed E-state index contributed by atoms with van der Waals surface area (Å²) >= 11 is 2.89. The van der Waals surface area contributed by atoms with Gasteiger partial charge in [-0.25, -0.2) is 0 Å². The molecule has 0 aliphatic rings. The standard InChI is InChI=1S/C13H13N3OS2/c1-8(14-6-10-7-19-13(17)16-10)9-4-12-11(15-5-9)2-3-18-12/h2-5,7-8,14H,6H2,1H3,(H,16,17). The Bertz CT molecular complexity index is 743. The predicted molar refractivity (Wildman–Crippen MR) is 79.8 cm³/mol. The van der Waals surface area contributed by atoms with E-state index in [4.69, 9.17) is 0 Å². The van der Waals surface area contributed by atoms with Crippen LogP contribution in [-0.4, -0.2) is 9.97 Å². The molecule has 3 heterocycles. The summed E-state index contributed by atoms with van der Waals surface area (Å²) in [6, 6.07) is 4.39. The Labute approximate surface area is 118 Å². The molecule has 98 valence electrons. The lowest BCUT2D eigenvalue weighted by Crippen LogP contribution is -2.18. The normalized spacial score (nSPS) is 12.9. The number of pyridine rings is 1. The number of nitrogens with one attached hydrogen (secondary N) is 2. The summed E-state index contributed by atoms with van der Waals surface area (Å²) in [6.07, 6.45) is 1.91. The number of fused-ring (bicyclic) bond motifs is 1. The fourth-order valence-electron chi connectivity index (χ4n) is 1.88. The van der Waals surface area contributed by atoms with E-state index in [2.05, 4.69) is 33.7 Å². The molecule has 0 radical (unpaired) electrons. The Morgan fingerprint density at radius 2 is 2.37 bits per heavy atom. The Morgan fingerprint density at radius 1 is 1.47 bits per heavy atom. The van der Waals surface area contributed by atoms with Crippen LogP contribution in [0.4, 0.5) is 0 Å². The van der Waals surface area contributed by atoms with E-state index in [1.165, 1.54) is 16.0 Å². The molecule has 6 heteroatoms. The van der Waals surface area contributed by atoms with Crippen molar-refractivity contribution < 1.29 is 0 Å². The average Bonchev–Trinajstić information content (AvgIpc) is 3.03. The number of aromatic amines is 1. The molecule has 0 aromatic carbocycles. The molecule has 0 spiro atoms. The maximum Gasteiger partial charge on any atom is 0.304 e. The minimum atomic E-state index is -0.00822. The second-order valence-electron chi connectivity index (χ2n) is 4.35. The van der Waals surface area contributed by atoms with Crippen molar-refractivity contribution in [2.24, 2.45) is 0 Å². The average molecular weight is 291 g/mol. The number of thiazole rings is 1. The van der Waals surface area contributed by atoms with E-state index >= 15 is 0 Å². The van der Waals surface area contributed by atoms with Gasteiger partial charge in [0.15, 0.2) is 0 Å². The topological polar surface area (TPSA) is 57.8 Å². The van der Waals surface area contributed by atoms with E-state index in [1.807, 2.05) is 17.6 Å². The Kier molecular flexibility index (Phi) is 3.46. The second-order valence-corrected chi connectivity index (χ2v) is 6.14. The van der Waals surface area contributed by atoms with Crippen LogP contribution in [-0.2, 0) is 6.54 Å². The SMILES string of the molecule is CC(NCc1csc(=O)[nH]1)c1cnc2ccsc2c1. The van der Waals surface area contributed by atoms with Gasteiger partial charge >= 0.3 is 4.87 Å². The summed E-state index contributed by atoms with van der Waals surface area (Å²) in [5.74, 6) is 0. The summed E-state index contributed by atoms with van der Waals surface area (Å²) in [7, 11) is 0. The summed E-state index contributed by atoms with van der Waals surface area (Å²) in [4.78, 5) is 18.3. The third kappa shape index (κ3) is 2.75. The van der Waals surface area contributed by atoms with Crippen LogP contribution in [0.5, 0.6) is 0 Å². The van der Waals surface area contributed by atoms with Gasteiger partial charge < -0.3 is 10.3 Å². The zero-order valence-electron chi connectivity index (χ0n) is 10.3. The Morgan fingerprint density at radius 3 is 3.16 bits per heavy atom. The van der Waals surface area contributed by atoms with E-state index in [-0.39, 0.29) is 10.9 Å². The second kappa shape index (κ2) is 5.24. The monoisotopic (exact) mass is 291 g/mol. The minimum absolute atomic E-state index is 0.00822. The molecule has 0 saturated carbocycles.